The van der Waals surface area contributed by atoms with Crippen LogP contribution in [0.2, 0.25) is 0 Å². The molecule has 0 heterocycles. The minimum atomic E-state index is -0.494. The Labute approximate surface area is 157 Å². The van der Waals surface area contributed by atoms with Crippen molar-refractivity contribution in [2.45, 2.75) is 6.92 Å². The molecule has 0 bridgehead atoms. The van der Waals surface area contributed by atoms with Gasteiger partial charge in [-0.2, -0.15) is 0 Å². The SMILES string of the molecule is C=C(C)C(=O)Oc1ccc2ccccc2c1-c1c(O)ccc2ccccc12. The second-order valence-electron chi connectivity index (χ2n) is 6.51. The Morgan fingerprint density at radius 3 is 2.00 bits per heavy atom. The number of ether oxygens (including phenoxy) is 1. The van der Waals surface area contributed by atoms with Gasteiger partial charge in [-0.3, -0.25) is 0 Å². The minimum absolute atomic E-state index is 0.137. The van der Waals surface area contributed by atoms with E-state index in [4.69, 9.17) is 4.74 Å². The highest BCUT2D eigenvalue weighted by Crippen LogP contribution is 2.45. The number of hydrogen-bond donors (Lipinski definition) is 1. The summed E-state index contributed by atoms with van der Waals surface area (Å²) < 4.78 is 5.62. The first-order valence-corrected chi connectivity index (χ1v) is 8.67. The molecule has 0 radical (unpaired) electrons. The van der Waals surface area contributed by atoms with Gasteiger partial charge < -0.3 is 9.84 Å². The first kappa shape index (κ1) is 16.9. The van der Waals surface area contributed by atoms with Gasteiger partial charge in [0.25, 0.3) is 0 Å². The van der Waals surface area contributed by atoms with Crippen LogP contribution in [0.15, 0.2) is 84.9 Å². The van der Waals surface area contributed by atoms with E-state index in [9.17, 15) is 9.90 Å². The predicted molar refractivity (Wildman–Crippen MR) is 109 cm³/mol. The topological polar surface area (TPSA) is 46.5 Å². The van der Waals surface area contributed by atoms with E-state index in [1.165, 1.54) is 0 Å². The van der Waals surface area contributed by atoms with E-state index in [-0.39, 0.29) is 5.75 Å². The van der Waals surface area contributed by atoms with Gasteiger partial charge in [0, 0.05) is 16.7 Å². The van der Waals surface area contributed by atoms with E-state index in [2.05, 4.69) is 6.58 Å². The highest BCUT2D eigenvalue weighted by atomic mass is 16.5. The average Bonchev–Trinajstić information content (AvgIpc) is 2.68. The Hall–Kier alpha value is -3.59. The summed E-state index contributed by atoms with van der Waals surface area (Å²) in [7, 11) is 0. The number of phenols is 1. The molecule has 0 unspecified atom stereocenters. The van der Waals surface area contributed by atoms with Crippen LogP contribution in [0, 0.1) is 0 Å². The van der Waals surface area contributed by atoms with Crippen LogP contribution < -0.4 is 4.74 Å². The molecule has 0 aliphatic heterocycles. The van der Waals surface area contributed by atoms with Crippen molar-refractivity contribution < 1.29 is 14.6 Å². The summed E-state index contributed by atoms with van der Waals surface area (Å²) in [5.74, 6) is 0.0392. The van der Waals surface area contributed by atoms with Crippen LogP contribution >= 0.6 is 0 Å². The third-order valence-electron chi connectivity index (χ3n) is 4.60. The summed E-state index contributed by atoms with van der Waals surface area (Å²) in [4.78, 5) is 12.2. The second kappa shape index (κ2) is 6.61. The smallest absolute Gasteiger partial charge is 0.338 e. The largest absolute Gasteiger partial charge is 0.507 e. The third kappa shape index (κ3) is 2.93. The molecule has 0 saturated heterocycles. The molecule has 3 heteroatoms. The number of fused-ring (bicyclic) bond motifs is 2. The lowest BCUT2D eigenvalue weighted by Gasteiger charge is -2.16. The number of aromatic hydroxyl groups is 1. The number of rotatable bonds is 3. The number of carbonyl (C=O) groups excluding carboxylic acids is 1. The van der Waals surface area contributed by atoms with Gasteiger partial charge in [0.2, 0.25) is 0 Å². The van der Waals surface area contributed by atoms with Gasteiger partial charge in [-0.05, 0) is 40.6 Å². The molecule has 0 saturated carbocycles. The molecule has 1 N–H and O–H groups in total. The van der Waals surface area contributed by atoms with Gasteiger partial charge >= 0.3 is 5.97 Å². The lowest BCUT2D eigenvalue weighted by molar-refractivity contribution is -0.130. The maximum absolute atomic E-state index is 12.2. The van der Waals surface area contributed by atoms with Crippen molar-refractivity contribution >= 4 is 27.5 Å². The number of phenolic OH excluding ortho intramolecular Hbond substituents is 1. The van der Waals surface area contributed by atoms with Crippen molar-refractivity contribution in [1.82, 2.24) is 0 Å². The molecule has 4 aromatic carbocycles. The van der Waals surface area contributed by atoms with E-state index in [1.807, 2.05) is 60.7 Å². The Balaban J connectivity index is 2.10. The van der Waals surface area contributed by atoms with Gasteiger partial charge in [-0.1, -0.05) is 67.2 Å². The Kier molecular flexibility index (Phi) is 4.13. The summed E-state index contributed by atoms with van der Waals surface area (Å²) in [6.07, 6.45) is 0. The summed E-state index contributed by atoms with van der Waals surface area (Å²) in [6.45, 7) is 5.27. The quantitative estimate of drug-likeness (QED) is 0.285. The Morgan fingerprint density at radius 2 is 1.37 bits per heavy atom. The zero-order valence-electron chi connectivity index (χ0n) is 14.9. The molecule has 4 rings (SSSR count). The highest BCUT2D eigenvalue weighted by molar-refractivity contribution is 6.10. The molecule has 3 nitrogen and oxygen atoms in total. The van der Waals surface area contributed by atoms with Gasteiger partial charge in [0.15, 0.2) is 0 Å². The van der Waals surface area contributed by atoms with Gasteiger partial charge in [0.1, 0.15) is 11.5 Å². The second-order valence-corrected chi connectivity index (χ2v) is 6.51. The molecule has 27 heavy (non-hydrogen) atoms. The zero-order chi connectivity index (χ0) is 19.0. The van der Waals surface area contributed by atoms with Crippen molar-refractivity contribution in [2.75, 3.05) is 0 Å². The van der Waals surface area contributed by atoms with Gasteiger partial charge in [0.05, 0.1) is 0 Å². The standard InChI is InChI=1S/C24H18O3/c1-15(2)24(26)27-21-14-12-17-8-4-6-10-19(17)23(21)22-18-9-5-3-7-16(18)11-13-20(22)25/h3-14,25H,1H2,2H3. The predicted octanol–water partition coefficient (Wildman–Crippen LogP) is 5.85. The molecular formula is C24H18O3. The highest BCUT2D eigenvalue weighted by Gasteiger charge is 2.19. The summed E-state index contributed by atoms with van der Waals surface area (Å²) in [5.41, 5.74) is 1.66. The van der Waals surface area contributed by atoms with Gasteiger partial charge in [-0.15, -0.1) is 0 Å². The fourth-order valence-electron chi connectivity index (χ4n) is 3.30. The minimum Gasteiger partial charge on any atom is -0.507 e. The van der Waals surface area contributed by atoms with Crippen molar-refractivity contribution in [2.24, 2.45) is 0 Å². The first-order chi connectivity index (χ1) is 13.1. The van der Waals surface area contributed by atoms with E-state index in [0.29, 0.717) is 22.4 Å². The fraction of sp³-hybridized carbons (Fsp3) is 0.0417. The zero-order valence-corrected chi connectivity index (χ0v) is 14.9. The number of carbonyl (C=O) groups is 1. The van der Waals surface area contributed by atoms with Crippen molar-refractivity contribution in [3.05, 3.63) is 84.9 Å². The normalized spacial score (nSPS) is 10.9. The molecule has 0 aromatic heterocycles. The van der Waals surface area contributed by atoms with E-state index in [1.54, 1.807) is 19.1 Å². The maximum Gasteiger partial charge on any atom is 0.338 e. The Morgan fingerprint density at radius 1 is 0.815 bits per heavy atom. The number of esters is 1. The summed E-state index contributed by atoms with van der Waals surface area (Å²) >= 11 is 0. The molecule has 0 fully saturated rings. The van der Waals surface area contributed by atoms with Crippen LogP contribution in [-0.2, 0) is 4.79 Å². The molecule has 0 amide bonds. The van der Waals surface area contributed by atoms with Crippen LogP contribution in [0.5, 0.6) is 11.5 Å². The van der Waals surface area contributed by atoms with Crippen LogP contribution in [-0.4, -0.2) is 11.1 Å². The van der Waals surface area contributed by atoms with Crippen LogP contribution in [0.25, 0.3) is 32.7 Å². The van der Waals surface area contributed by atoms with Crippen molar-refractivity contribution in [3.8, 4) is 22.6 Å². The molecular weight excluding hydrogens is 336 g/mol. The lowest BCUT2D eigenvalue weighted by atomic mass is 9.92. The lowest BCUT2D eigenvalue weighted by Crippen LogP contribution is -2.09. The summed E-state index contributed by atoms with van der Waals surface area (Å²) in [5, 5.41) is 14.5. The fourth-order valence-corrected chi connectivity index (χ4v) is 3.30. The van der Waals surface area contributed by atoms with Crippen molar-refractivity contribution in [3.63, 3.8) is 0 Å². The van der Waals surface area contributed by atoms with Crippen LogP contribution in [0.4, 0.5) is 0 Å². The van der Waals surface area contributed by atoms with E-state index in [0.717, 1.165) is 21.5 Å². The monoisotopic (exact) mass is 354 g/mol. The number of benzene rings is 4. The van der Waals surface area contributed by atoms with Crippen molar-refractivity contribution in [1.29, 1.82) is 0 Å². The molecule has 0 aliphatic carbocycles. The molecule has 4 aromatic rings. The van der Waals surface area contributed by atoms with Gasteiger partial charge in [-0.25, -0.2) is 4.79 Å². The van der Waals surface area contributed by atoms with E-state index >= 15 is 0 Å². The molecule has 132 valence electrons. The molecule has 0 spiro atoms. The van der Waals surface area contributed by atoms with Crippen LogP contribution in [0.1, 0.15) is 6.92 Å². The Bertz CT molecular complexity index is 1200. The third-order valence-corrected chi connectivity index (χ3v) is 4.60. The van der Waals surface area contributed by atoms with Crippen LogP contribution in [0.3, 0.4) is 0 Å². The number of hydrogen-bond acceptors (Lipinski definition) is 3. The van der Waals surface area contributed by atoms with E-state index < -0.39 is 5.97 Å². The molecule has 0 aliphatic rings. The first-order valence-electron chi connectivity index (χ1n) is 8.67. The maximum atomic E-state index is 12.2. The summed E-state index contributed by atoms with van der Waals surface area (Å²) in [6, 6.07) is 22.9. The average molecular weight is 354 g/mol. The molecule has 0 atom stereocenters.